The van der Waals surface area contributed by atoms with Gasteiger partial charge in [-0.25, -0.2) is 4.79 Å². The van der Waals surface area contributed by atoms with Gasteiger partial charge in [0.05, 0.1) is 125 Å². The highest BCUT2D eigenvalue weighted by atomic mass is 32.2. The van der Waals surface area contributed by atoms with Crippen molar-refractivity contribution in [3.63, 3.8) is 0 Å². The molecule has 0 N–H and O–H groups in total. The molecule has 0 aliphatic carbocycles. The smallest absolute Gasteiger partial charge is 0.335 e. The van der Waals surface area contributed by atoms with Gasteiger partial charge in [-0.1, -0.05) is 23.3 Å². The summed E-state index contributed by atoms with van der Waals surface area (Å²) in [6.45, 7) is 13.6. The maximum absolute atomic E-state index is 13.8. The fraction of sp³-hybridized carbons (Fsp3) is 0.532. The molecular formula is C62H80N8O16S. The van der Waals surface area contributed by atoms with Crippen LogP contribution in [0.4, 0.5) is 11.4 Å². The number of aliphatic imine (C=N–C) groups is 2. The van der Waals surface area contributed by atoms with Crippen LogP contribution in [-0.4, -0.2) is 221 Å². The van der Waals surface area contributed by atoms with Crippen LogP contribution in [0.5, 0.6) is 28.7 Å². The van der Waals surface area contributed by atoms with E-state index < -0.39 is 17.8 Å². The number of ether oxygens (including phenoxy) is 9. The Kier molecular flexibility index (Phi) is 23.7. The van der Waals surface area contributed by atoms with Gasteiger partial charge in [0.2, 0.25) is 5.91 Å². The van der Waals surface area contributed by atoms with Crippen LogP contribution in [0.2, 0.25) is 0 Å². The molecule has 24 nitrogen and oxygen atoms in total. The predicted octanol–water partition coefficient (Wildman–Crippen LogP) is 6.35. The molecule has 3 saturated heterocycles. The first kappa shape index (κ1) is 65.6. The molecule has 3 aromatic rings. The molecule has 2 atom stereocenters. The molecule has 1 aromatic heterocycles. The summed E-state index contributed by atoms with van der Waals surface area (Å²) in [7, 11) is 6.83. The maximum atomic E-state index is 13.8. The number of fused-ring (bicyclic) bond motifs is 4. The molecule has 0 radical (unpaired) electrons. The topological polar surface area (TPSA) is 249 Å². The summed E-state index contributed by atoms with van der Waals surface area (Å²) in [5.74, 6) is 0.325. The number of hydrogen-bond acceptors (Lipinski definition) is 21. The molecule has 25 heteroatoms. The Morgan fingerprint density at radius 2 is 1.14 bits per heavy atom. The number of amides is 5. The molecule has 5 aliphatic heterocycles. The highest BCUT2D eigenvalue weighted by molar-refractivity contribution is 8.01. The molecule has 87 heavy (non-hydrogen) atoms. The van der Waals surface area contributed by atoms with E-state index in [0.717, 1.165) is 12.8 Å². The van der Waals surface area contributed by atoms with E-state index in [1.54, 1.807) is 48.0 Å². The number of rotatable bonds is 33. The van der Waals surface area contributed by atoms with Crippen LogP contribution >= 0.6 is 11.8 Å². The lowest BCUT2D eigenvalue weighted by atomic mass is 10.1. The Balaban J connectivity index is 0.788. The SMILES string of the molecule is C/C=C1\CC2C=Nc3cc(OCc4cc(OCCN(C)CC(C)(C)SCC(=O)N(C)CCOCCOCCOCCOCCC(=O)ON5C(=O)CCC5=O)cc(COc5cc6c(cc5OC)C(=O)N5C/C(=C/C)C[C@H]5C=N6)n4)c(OC)cc3C(=O)N2C1. The molecular weight excluding hydrogens is 1140 g/mol. The van der Waals surface area contributed by atoms with Crippen LogP contribution in [0.3, 0.4) is 0 Å². The summed E-state index contributed by atoms with van der Waals surface area (Å²) in [5, 5.41) is 0.511. The maximum Gasteiger partial charge on any atom is 0.335 e. The number of hydroxylamine groups is 2. The van der Waals surface area contributed by atoms with Crippen LogP contribution in [-0.2, 0) is 56.2 Å². The molecule has 0 spiro atoms. The minimum Gasteiger partial charge on any atom is -0.493 e. The third-order valence-corrected chi connectivity index (χ3v) is 16.3. The second-order valence-electron chi connectivity index (χ2n) is 22.0. The zero-order valence-corrected chi connectivity index (χ0v) is 51.8. The van der Waals surface area contributed by atoms with Crippen molar-refractivity contribution < 1.29 is 76.2 Å². The summed E-state index contributed by atoms with van der Waals surface area (Å²) < 4.78 is 52.6. The number of imide groups is 1. The van der Waals surface area contributed by atoms with Gasteiger partial charge in [-0.2, -0.15) is 0 Å². The van der Waals surface area contributed by atoms with E-state index in [1.807, 2.05) is 55.3 Å². The number of aromatic nitrogens is 1. The van der Waals surface area contributed by atoms with E-state index in [9.17, 15) is 28.8 Å². The van der Waals surface area contributed by atoms with Crippen LogP contribution in [0, 0.1) is 0 Å². The molecule has 5 amide bonds. The number of allylic oxidation sites excluding steroid dienone is 2. The minimum atomic E-state index is -0.722. The highest BCUT2D eigenvalue weighted by Gasteiger charge is 2.37. The standard InChI is InChI=1S/C62H80N8O16S/c1-9-41-25-45-33-63-50-31-54(52(77-7)29-48(50)60(75)68(45)35-41)84-37-43-27-47(28-44(65-43)38-85-55-32-51-49(30-53(55)78-8)61(76)69-36-42(10-2)26-46(69)34-64-51)83-18-14-66(5)40-62(3,4)87-39-58(73)67(6)15-17-80-20-22-82-24-23-81-21-19-79-16-13-59(74)86-70-56(71)11-12-57(70)72/h9-10,27-34,45-46H,11-26,35-40H2,1-8H3/b41-9+,42-10+/t45-,46?/m0/s1. The van der Waals surface area contributed by atoms with Crippen LogP contribution in [0.25, 0.3) is 0 Å². The largest absolute Gasteiger partial charge is 0.493 e. The van der Waals surface area contributed by atoms with E-state index in [4.69, 9.17) is 62.4 Å². The van der Waals surface area contributed by atoms with E-state index in [-0.39, 0.29) is 80.2 Å². The van der Waals surface area contributed by atoms with Crippen molar-refractivity contribution in [2.75, 3.05) is 126 Å². The van der Waals surface area contributed by atoms with Crippen molar-refractivity contribution in [2.45, 2.75) is 89.8 Å². The quantitative estimate of drug-likeness (QED) is 0.0366. The van der Waals surface area contributed by atoms with Crippen LogP contribution in [0.15, 0.2) is 69.7 Å². The highest BCUT2D eigenvalue weighted by Crippen LogP contribution is 2.41. The van der Waals surface area contributed by atoms with Gasteiger partial charge in [-0.15, -0.1) is 16.8 Å². The fourth-order valence-electron chi connectivity index (χ4n) is 10.2. The molecule has 3 fully saturated rings. The number of carbonyl (C=O) groups excluding carboxylic acids is 6. The van der Waals surface area contributed by atoms with E-state index in [0.29, 0.717) is 152 Å². The first-order valence-electron chi connectivity index (χ1n) is 29.2. The fourth-order valence-corrected chi connectivity index (χ4v) is 11.2. The van der Waals surface area contributed by atoms with E-state index in [1.165, 1.54) is 25.4 Å². The average molecular weight is 1230 g/mol. The monoisotopic (exact) mass is 1220 g/mol. The van der Waals surface area contributed by atoms with E-state index in [2.05, 4.69) is 30.9 Å². The number of likely N-dealkylation sites (N-methyl/N-ethyl adjacent to an activating group) is 2. The normalized spacial score (nSPS) is 18.1. The second kappa shape index (κ2) is 31.5. The van der Waals surface area contributed by atoms with Crippen molar-refractivity contribution in [3.05, 3.63) is 82.2 Å². The third kappa shape index (κ3) is 18.1. The molecule has 1 unspecified atom stereocenters. The molecule has 6 heterocycles. The number of benzene rings is 2. The van der Waals surface area contributed by atoms with Gasteiger partial charge in [-0.05, 0) is 59.7 Å². The van der Waals surface area contributed by atoms with Gasteiger partial charge in [0, 0.05) is 94.1 Å². The van der Waals surface area contributed by atoms with Crippen molar-refractivity contribution in [1.82, 2.24) is 29.6 Å². The first-order valence-corrected chi connectivity index (χ1v) is 30.2. The third-order valence-electron chi connectivity index (χ3n) is 15.0. The Bertz CT molecular complexity index is 2940. The summed E-state index contributed by atoms with van der Waals surface area (Å²) >= 11 is 1.58. The molecule has 0 bridgehead atoms. The van der Waals surface area contributed by atoms with Crippen molar-refractivity contribution in [3.8, 4) is 28.7 Å². The average Bonchev–Trinajstić information content (AvgIpc) is 3.25. The first-order chi connectivity index (χ1) is 42.0. The minimum absolute atomic E-state index is 0.00475. The Morgan fingerprint density at radius 1 is 0.644 bits per heavy atom. The Labute approximate surface area is 512 Å². The second-order valence-corrected chi connectivity index (χ2v) is 23.6. The van der Waals surface area contributed by atoms with E-state index >= 15 is 0 Å². The van der Waals surface area contributed by atoms with Gasteiger partial charge in [0.15, 0.2) is 23.0 Å². The van der Waals surface area contributed by atoms with Gasteiger partial charge < -0.3 is 67.1 Å². The Hall–Kier alpha value is -7.42. The van der Waals surface area contributed by atoms with Gasteiger partial charge in [0.1, 0.15) is 25.6 Å². The summed E-state index contributed by atoms with van der Waals surface area (Å²) in [6.07, 6.45) is 9.18. The molecule has 8 rings (SSSR count). The van der Waals surface area contributed by atoms with Crippen molar-refractivity contribution in [2.24, 2.45) is 9.98 Å². The van der Waals surface area contributed by atoms with Crippen LogP contribution < -0.4 is 23.7 Å². The number of methoxy groups -OCH3 is 2. The van der Waals surface area contributed by atoms with Crippen molar-refractivity contribution in [1.29, 1.82) is 0 Å². The summed E-state index contributed by atoms with van der Waals surface area (Å²) in [5.41, 5.74) is 5.28. The molecule has 5 aliphatic rings. The molecule has 2 aromatic carbocycles. The number of hydrogen-bond donors (Lipinski definition) is 0. The molecule has 470 valence electrons. The summed E-state index contributed by atoms with van der Waals surface area (Å²) in [4.78, 5) is 102. The zero-order valence-electron chi connectivity index (χ0n) is 51.0. The number of carbonyl (C=O) groups is 6. The summed E-state index contributed by atoms with van der Waals surface area (Å²) in [6, 6.07) is 10.2. The Morgan fingerprint density at radius 3 is 1.63 bits per heavy atom. The van der Waals surface area contributed by atoms with Crippen molar-refractivity contribution >= 4 is 71.1 Å². The van der Waals surface area contributed by atoms with Gasteiger partial charge in [-0.3, -0.25) is 38.9 Å². The number of pyridine rings is 1. The lowest BCUT2D eigenvalue weighted by molar-refractivity contribution is -0.198. The van der Waals surface area contributed by atoms with Gasteiger partial charge in [0.25, 0.3) is 23.6 Å². The number of thioether (sulfide) groups is 1. The zero-order chi connectivity index (χ0) is 62.0. The lowest BCUT2D eigenvalue weighted by Crippen LogP contribution is -2.38. The lowest BCUT2D eigenvalue weighted by Gasteiger charge is -2.30. The van der Waals surface area contributed by atoms with Gasteiger partial charge >= 0.3 is 5.97 Å². The van der Waals surface area contributed by atoms with Crippen LogP contribution in [0.1, 0.15) is 91.9 Å². The molecule has 0 saturated carbocycles. The predicted molar refractivity (Wildman–Crippen MR) is 324 cm³/mol. The number of nitrogens with zero attached hydrogens (tertiary/aromatic N) is 8.